The second-order valence-corrected chi connectivity index (χ2v) is 5.33. The quantitative estimate of drug-likeness (QED) is 0.717. The first-order chi connectivity index (χ1) is 7.81. The monoisotopic (exact) mass is 224 g/mol. The van der Waals surface area contributed by atoms with E-state index in [0.717, 1.165) is 13.1 Å². The summed E-state index contributed by atoms with van der Waals surface area (Å²) in [5.74, 6) is 2.00. The fourth-order valence-corrected chi connectivity index (χ4v) is 3.54. The minimum absolute atomic E-state index is 0.141. The van der Waals surface area contributed by atoms with Crippen LogP contribution in [0.25, 0.3) is 0 Å². The van der Waals surface area contributed by atoms with Gasteiger partial charge in [-0.25, -0.2) is 0 Å². The highest BCUT2D eigenvalue weighted by molar-refractivity contribution is 5.82. The largest absolute Gasteiger partial charge is 0.378 e. The van der Waals surface area contributed by atoms with Gasteiger partial charge in [0.2, 0.25) is 5.91 Å². The van der Waals surface area contributed by atoms with Crippen molar-refractivity contribution in [3.63, 3.8) is 0 Å². The van der Waals surface area contributed by atoms with Crippen molar-refractivity contribution in [3.05, 3.63) is 0 Å². The Labute approximate surface area is 96.1 Å². The van der Waals surface area contributed by atoms with E-state index in [1.165, 1.54) is 19.3 Å². The van der Waals surface area contributed by atoms with Gasteiger partial charge in [0.1, 0.15) is 0 Å². The molecule has 4 nitrogen and oxygen atoms in total. The van der Waals surface area contributed by atoms with Gasteiger partial charge >= 0.3 is 0 Å². The summed E-state index contributed by atoms with van der Waals surface area (Å²) in [6.45, 7) is 1.69. The highest BCUT2D eigenvalue weighted by Crippen LogP contribution is 2.57. The number of methoxy groups -OCH3 is 1. The summed E-state index contributed by atoms with van der Waals surface area (Å²) in [6.07, 6.45) is 3.99. The number of amides is 1. The van der Waals surface area contributed by atoms with Crippen molar-refractivity contribution in [2.24, 2.45) is 17.8 Å². The summed E-state index contributed by atoms with van der Waals surface area (Å²) in [4.78, 5) is 12.0. The molecular weight excluding hydrogens is 204 g/mol. The van der Waals surface area contributed by atoms with Crippen LogP contribution >= 0.6 is 0 Å². The van der Waals surface area contributed by atoms with E-state index in [4.69, 9.17) is 4.74 Å². The second kappa shape index (κ2) is 4.00. The van der Waals surface area contributed by atoms with Gasteiger partial charge < -0.3 is 15.4 Å². The highest BCUT2D eigenvalue weighted by Gasteiger charge is 2.56. The van der Waals surface area contributed by atoms with Crippen LogP contribution in [-0.4, -0.2) is 38.3 Å². The molecule has 0 bridgehead atoms. The van der Waals surface area contributed by atoms with Crippen LogP contribution in [0.4, 0.5) is 0 Å². The van der Waals surface area contributed by atoms with Crippen LogP contribution < -0.4 is 10.6 Å². The maximum absolute atomic E-state index is 12.0. The number of fused-ring (bicyclic) bond motifs is 1. The molecule has 0 spiro atoms. The van der Waals surface area contributed by atoms with Gasteiger partial charge in [-0.3, -0.25) is 4.79 Å². The molecule has 0 aromatic rings. The zero-order valence-electron chi connectivity index (χ0n) is 9.74. The standard InChI is InChI=1S/C12H20N2O2/c1-16-10-6-13-5-9(10)14-12(15)11-7-3-2-4-8(7)11/h7-11,13H,2-6H2,1H3,(H,14,15)/t7-,8-,9-,10-/m0/s1. The number of ether oxygens (including phenoxy) is 1. The Balaban J connectivity index is 1.53. The van der Waals surface area contributed by atoms with Gasteiger partial charge in [0, 0.05) is 26.1 Å². The molecule has 0 aromatic heterocycles. The number of rotatable bonds is 3. The molecule has 0 unspecified atom stereocenters. The van der Waals surface area contributed by atoms with E-state index in [0.29, 0.717) is 17.8 Å². The number of hydrogen-bond donors (Lipinski definition) is 2. The van der Waals surface area contributed by atoms with E-state index < -0.39 is 0 Å². The molecule has 0 aromatic carbocycles. The topological polar surface area (TPSA) is 50.4 Å². The van der Waals surface area contributed by atoms with Crippen LogP contribution in [0, 0.1) is 17.8 Å². The molecule has 3 rings (SSSR count). The highest BCUT2D eigenvalue weighted by atomic mass is 16.5. The summed E-state index contributed by atoms with van der Waals surface area (Å²) in [7, 11) is 1.71. The first-order valence-electron chi connectivity index (χ1n) is 6.35. The molecule has 1 aliphatic heterocycles. The Kier molecular flexibility index (Phi) is 2.64. The van der Waals surface area contributed by atoms with E-state index in [9.17, 15) is 4.79 Å². The predicted octanol–water partition coefficient (Wildman–Crippen LogP) is 0.135. The van der Waals surface area contributed by atoms with E-state index >= 15 is 0 Å². The van der Waals surface area contributed by atoms with Crippen LogP contribution in [0.3, 0.4) is 0 Å². The van der Waals surface area contributed by atoms with Crippen molar-refractivity contribution in [2.45, 2.75) is 31.4 Å². The molecule has 2 aliphatic carbocycles. The van der Waals surface area contributed by atoms with Crippen molar-refractivity contribution in [3.8, 4) is 0 Å². The normalized spacial score (nSPS) is 45.4. The van der Waals surface area contributed by atoms with E-state index in [1.807, 2.05) is 0 Å². The van der Waals surface area contributed by atoms with Gasteiger partial charge in [-0.2, -0.15) is 0 Å². The van der Waals surface area contributed by atoms with Crippen LogP contribution in [0.2, 0.25) is 0 Å². The number of carbonyl (C=O) groups is 1. The second-order valence-electron chi connectivity index (χ2n) is 5.33. The average Bonchev–Trinajstić information content (AvgIpc) is 2.71. The number of nitrogens with one attached hydrogen (secondary N) is 2. The number of hydrogen-bond acceptors (Lipinski definition) is 3. The van der Waals surface area contributed by atoms with E-state index in [1.54, 1.807) is 7.11 Å². The maximum Gasteiger partial charge on any atom is 0.224 e. The molecule has 0 radical (unpaired) electrons. The molecule has 2 N–H and O–H groups in total. The first-order valence-corrected chi connectivity index (χ1v) is 6.35. The van der Waals surface area contributed by atoms with Crippen LogP contribution in [-0.2, 0) is 9.53 Å². The van der Waals surface area contributed by atoms with Gasteiger partial charge in [-0.1, -0.05) is 6.42 Å². The average molecular weight is 224 g/mol. The molecule has 1 saturated heterocycles. The Morgan fingerprint density at radius 1 is 1.31 bits per heavy atom. The Bertz CT molecular complexity index is 285. The third kappa shape index (κ3) is 1.64. The van der Waals surface area contributed by atoms with Crippen molar-refractivity contribution in [1.29, 1.82) is 0 Å². The number of carbonyl (C=O) groups excluding carboxylic acids is 1. The lowest BCUT2D eigenvalue weighted by atomic mass is 10.1. The van der Waals surface area contributed by atoms with Crippen LogP contribution in [0.5, 0.6) is 0 Å². The SMILES string of the molecule is CO[C@H]1CNC[C@@H]1NC(=O)C1[C@H]2CCC[C@H]12. The predicted molar refractivity (Wildman–Crippen MR) is 59.9 cm³/mol. The fraction of sp³-hybridized carbons (Fsp3) is 0.917. The minimum atomic E-state index is 0.141. The summed E-state index contributed by atoms with van der Waals surface area (Å²) < 4.78 is 5.34. The molecule has 4 atom stereocenters. The summed E-state index contributed by atoms with van der Waals surface area (Å²) in [5, 5.41) is 6.39. The van der Waals surface area contributed by atoms with Crippen molar-refractivity contribution in [2.75, 3.05) is 20.2 Å². The minimum Gasteiger partial charge on any atom is -0.378 e. The van der Waals surface area contributed by atoms with Gasteiger partial charge in [0.05, 0.1) is 12.1 Å². The van der Waals surface area contributed by atoms with Gasteiger partial charge in [-0.15, -0.1) is 0 Å². The Hall–Kier alpha value is -0.610. The van der Waals surface area contributed by atoms with Gasteiger partial charge in [0.15, 0.2) is 0 Å². The summed E-state index contributed by atoms with van der Waals surface area (Å²) >= 11 is 0. The zero-order chi connectivity index (χ0) is 11.1. The molecule has 1 amide bonds. The van der Waals surface area contributed by atoms with Gasteiger partial charge in [-0.05, 0) is 24.7 Å². The zero-order valence-corrected chi connectivity index (χ0v) is 9.74. The first kappa shape index (κ1) is 10.5. The molecule has 16 heavy (non-hydrogen) atoms. The van der Waals surface area contributed by atoms with Gasteiger partial charge in [0.25, 0.3) is 0 Å². The lowest BCUT2D eigenvalue weighted by Crippen LogP contribution is -2.44. The molecule has 3 fully saturated rings. The molecule has 3 aliphatic rings. The molecule has 90 valence electrons. The van der Waals surface area contributed by atoms with Crippen molar-refractivity contribution >= 4 is 5.91 Å². The van der Waals surface area contributed by atoms with E-state index in [2.05, 4.69) is 10.6 Å². The molecular formula is C12H20N2O2. The van der Waals surface area contributed by atoms with Crippen molar-refractivity contribution < 1.29 is 9.53 Å². The third-order valence-electron chi connectivity index (χ3n) is 4.50. The van der Waals surface area contributed by atoms with Crippen molar-refractivity contribution in [1.82, 2.24) is 10.6 Å². The van der Waals surface area contributed by atoms with E-state index in [-0.39, 0.29) is 18.1 Å². The van der Waals surface area contributed by atoms with Crippen LogP contribution in [0.15, 0.2) is 0 Å². The maximum atomic E-state index is 12.0. The summed E-state index contributed by atoms with van der Waals surface area (Å²) in [5.41, 5.74) is 0. The summed E-state index contributed by atoms with van der Waals surface area (Å²) in [6, 6.07) is 0.166. The Morgan fingerprint density at radius 2 is 2.06 bits per heavy atom. The molecule has 1 heterocycles. The lowest BCUT2D eigenvalue weighted by Gasteiger charge is -2.19. The smallest absolute Gasteiger partial charge is 0.224 e. The lowest BCUT2D eigenvalue weighted by molar-refractivity contribution is -0.124. The molecule has 4 heteroatoms. The Morgan fingerprint density at radius 3 is 2.75 bits per heavy atom. The third-order valence-corrected chi connectivity index (χ3v) is 4.50. The fourth-order valence-electron chi connectivity index (χ4n) is 3.54. The van der Waals surface area contributed by atoms with Crippen LogP contribution in [0.1, 0.15) is 19.3 Å². The molecule has 2 saturated carbocycles.